The third kappa shape index (κ3) is 4.58. The number of hydrogen-bond donors (Lipinski definition) is 1. The Kier molecular flexibility index (Phi) is 6.27. The maximum Gasteiger partial charge on any atom is 0.223 e. The van der Waals surface area contributed by atoms with Crippen molar-refractivity contribution < 1.29 is 4.79 Å². The van der Waals surface area contributed by atoms with Crippen molar-refractivity contribution in [2.75, 3.05) is 39.3 Å². The summed E-state index contributed by atoms with van der Waals surface area (Å²) in [5.41, 5.74) is 1.35. The van der Waals surface area contributed by atoms with Gasteiger partial charge in [-0.05, 0) is 31.2 Å². The van der Waals surface area contributed by atoms with Gasteiger partial charge in [-0.1, -0.05) is 36.8 Å². The van der Waals surface area contributed by atoms with Crippen molar-refractivity contribution in [2.24, 2.45) is 5.92 Å². The molecule has 0 bridgehead atoms. The molecule has 24 heavy (non-hydrogen) atoms. The fourth-order valence-corrected chi connectivity index (χ4v) is 3.70. The van der Waals surface area contributed by atoms with Crippen LogP contribution < -0.4 is 5.32 Å². The molecule has 4 heteroatoms. The second-order valence-electron chi connectivity index (χ2n) is 7.26. The van der Waals surface area contributed by atoms with Crippen molar-refractivity contribution in [2.45, 2.75) is 38.6 Å². The molecule has 132 valence electrons. The number of benzene rings is 1. The van der Waals surface area contributed by atoms with Crippen LogP contribution in [0.3, 0.4) is 0 Å². The lowest BCUT2D eigenvalue weighted by Gasteiger charge is -2.36. The summed E-state index contributed by atoms with van der Waals surface area (Å²) in [5.74, 6) is 1.14. The lowest BCUT2D eigenvalue weighted by molar-refractivity contribution is -0.132. The second kappa shape index (κ2) is 8.63. The first-order valence-corrected chi connectivity index (χ1v) is 9.51. The Bertz CT molecular complexity index is 509. The highest BCUT2D eigenvalue weighted by atomic mass is 16.2. The minimum Gasteiger partial charge on any atom is -0.340 e. The van der Waals surface area contributed by atoms with E-state index in [0.717, 1.165) is 45.2 Å². The van der Waals surface area contributed by atoms with Crippen molar-refractivity contribution >= 4 is 5.91 Å². The second-order valence-corrected chi connectivity index (χ2v) is 7.26. The Morgan fingerprint density at radius 2 is 1.96 bits per heavy atom. The highest BCUT2D eigenvalue weighted by Gasteiger charge is 2.25. The maximum absolute atomic E-state index is 12.5. The molecule has 0 radical (unpaired) electrons. The van der Waals surface area contributed by atoms with Crippen LogP contribution in [0.2, 0.25) is 0 Å². The Morgan fingerprint density at radius 1 is 1.25 bits per heavy atom. The molecule has 1 amide bonds. The van der Waals surface area contributed by atoms with Gasteiger partial charge in [-0.15, -0.1) is 0 Å². The lowest BCUT2D eigenvalue weighted by atomic mass is 9.84. The fraction of sp³-hybridized carbons (Fsp3) is 0.650. The molecular formula is C20H31N3O. The van der Waals surface area contributed by atoms with E-state index in [1.54, 1.807) is 0 Å². The fourth-order valence-electron chi connectivity index (χ4n) is 3.70. The van der Waals surface area contributed by atoms with Gasteiger partial charge in [0.05, 0.1) is 0 Å². The largest absolute Gasteiger partial charge is 0.340 e. The van der Waals surface area contributed by atoms with Crippen LogP contribution in [0.5, 0.6) is 0 Å². The van der Waals surface area contributed by atoms with Gasteiger partial charge >= 0.3 is 0 Å². The molecule has 1 saturated carbocycles. The van der Waals surface area contributed by atoms with Gasteiger partial charge in [0.2, 0.25) is 5.91 Å². The summed E-state index contributed by atoms with van der Waals surface area (Å²) in [6, 6.07) is 11.1. The van der Waals surface area contributed by atoms with Gasteiger partial charge in [-0.3, -0.25) is 9.69 Å². The first kappa shape index (κ1) is 17.4. The monoisotopic (exact) mass is 329 g/mol. The number of carbonyl (C=O) groups excluding carboxylic acids is 1. The third-order valence-corrected chi connectivity index (χ3v) is 5.63. The third-order valence-electron chi connectivity index (χ3n) is 5.63. The molecule has 1 unspecified atom stereocenters. The number of nitrogens with one attached hydrogen (secondary N) is 1. The molecular weight excluding hydrogens is 298 g/mol. The standard InChI is InChI=1S/C20H31N3O/c1-17(19-8-3-2-4-9-19)23(16-18-6-5-7-18)13-10-20(24)22-14-11-21-12-15-22/h2-4,8-9,17-18,21H,5-7,10-16H2,1H3. The molecule has 1 N–H and O–H groups in total. The quantitative estimate of drug-likeness (QED) is 0.835. The average molecular weight is 329 g/mol. The number of amides is 1. The zero-order valence-electron chi connectivity index (χ0n) is 14.9. The summed E-state index contributed by atoms with van der Waals surface area (Å²) in [6.07, 6.45) is 4.72. The Balaban J connectivity index is 1.58. The maximum atomic E-state index is 12.5. The summed E-state index contributed by atoms with van der Waals surface area (Å²) < 4.78 is 0. The van der Waals surface area contributed by atoms with Gasteiger partial charge in [0.15, 0.2) is 0 Å². The van der Waals surface area contributed by atoms with E-state index in [1.807, 2.05) is 4.90 Å². The molecule has 2 aliphatic rings. The lowest BCUT2D eigenvalue weighted by Crippen LogP contribution is -2.47. The van der Waals surface area contributed by atoms with Crippen LogP contribution >= 0.6 is 0 Å². The number of hydrogen-bond acceptors (Lipinski definition) is 3. The summed E-state index contributed by atoms with van der Waals surface area (Å²) in [6.45, 7) is 7.85. The molecule has 1 aromatic carbocycles. The minimum absolute atomic E-state index is 0.315. The van der Waals surface area contributed by atoms with E-state index < -0.39 is 0 Å². The SMILES string of the molecule is CC(c1ccccc1)N(CCC(=O)N1CCNCC1)CC1CCC1. The molecule has 1 aliphatic heterocycles. The van der Waals surface area contributed by atoms with E-state index in [1.165, 1.54) is 24.8 Å². The highest BCUT2D eigenvalue weighted by molar-refractivity contribution is 5.76. The summed E-state index contributed by atoms with van der Waals surface area (Å²) in [4.78, 5) is 17.0. The van der Waals surface area contributed by atoms with Gasteiger partial charge in [0.1, 0.15) is 0 Å². The van der Waals surface area contributed by atoms with E-state index in [-0.39, 0.29) is 0 Å². The van der Waals surface area contributed by atoms with E-state index >= 15 is 0 Å². The van der Waals surface area contributed by atoms with E-state index in [4.69, 9.17) is 0 Å². The molecule has 1 atom stereocenters. The average Bonchev–Trinajstić information content (AvgIpc) is 2.61. The van der Waals surface area contributed by atoms with Crippen LogP contribution in [0.1, 0.15) is 44.2 Å². The van der Waals surface area contributed by atoms with E-state index in [2.05, 4.69) is 47.5 Å². The highest BCUT2D eigenvalue weighted by Crippen LogP contribution is 2.30. The minimum atomic E-state index is 0.315. The van der Waals surface area contributed by atoms with Crippen LogP contribution in [0.4, 0.5) is 0 Å². The Morgan fingerprint density at radius 3 is 2.58 bits per heavy atom. The summed E-state index contributed by atoms with van der Waals surface area (Å²) >= 11 is 0. The predicted molar refractivity (Wildman–Crippen MR) is 97.8 cm³/mol. The van der Waals surface area contributed by atoms with Crippen LogP contribution in [-0.4, -0.2) is 55.0 Å². The Labute approximate surface area is 146 Å². The summed E-state index contributed by atoms with van der Waals surface area (Å²) in [7, 11) is 0. The van der Waals surface area contributed by atoms with Gasteiger partial charge in [-0.2, -0.15) is 0 Å². The number of carbonyl (C=O) groups is 1. The van der Waals surface area contributed by atoms with Crippen molar-refractivity contribution in [3.63, 3.8) is 0 Å². The molecule has 1 heterocycles. The van der Waals surface area contributed by atoms with Crippen LogP contribution in [0.25, 0.3) is 0 Å². The topological polar surface area (TPSA) is 35.6 Å². The Hall–Kier alpha value is -1.39. The first-order chi connectivity index (χ1) is 11.7. The van der Waals surface area contributed by atoms with Crippen molar-refractivity contribution in [1.82, 2.24) is 15.1 Å². The van der Waals surface area contributed by atoms with E-state index in [0.29, 0.717) is 18.4 Å². The first-order valence-electron chi connectivity index (χ1n) is 9.51. The van der Waals surface area contributed by atoms with Gasteiger partial charge in [0.25, 0.3) is 0 Å². The van der Waals surface area contributed by atoms with Gasteiger partial charge < -0.3 is 10.2 Å². The predicted octanol–water partition coefficient (Wildman–Crippen LogP) is 2.67. The molecule has 1 saturated heterocycles. The molecule has 2 fully saturated rings. The number of piperazine rings is 1. The van der Waals surface area contributed by atoms with Crippen molar-refractivity contribution in [3.8, 4) is 0 Å². The molecule has 1 aromatic rings. The zero-order chi connectivity index (χ0) is 16.8. The summed E-state index contributed by atoms with van der Waals surface area (Å²) in [5, 5.41) is 3.31. The molecule has 1 aliphatic carbocycles. The zero-order valence-corrected chi connectivity index (χ0v) is 14.9. The van der Waals surface area contributed by atoms with Crippen LogP contribution in [0, 0.1) is 5.92 Å². The van der Waals surface area contributed by atoms with E-state index in [9.17, 15) is 4.79 Å². The normalized spacial score (nSPS) is 20.0. The van der Waals surface area contributed by atoms with Gasteiger partial charge in [-0.25, -0.2) is 0 Å². The number of rotatable bonds is 7. The van der Waals surface area contributed by atoms with Gasteiger partial charge in [0, 0.05) is 51.7 Å². The van der Waals surface area contributed by atoms with Crippen LogP contribution in [0.15, 0.2) is 30.3 Å². The molecule has 0 aromatic heterocycles. The molecule has 3 rings (SSSR count). The van der Waals surface area contributed by atoms with Crippen molar-refractivity contribution in [3.05, 3.63) is 35.9 Å². The smallest absolute Gasteiger partial charge is 0.223 e. The van der Waals surface area contributed by atoms with Crippen molar-refractivity contribution in [1.29, 1.82) is 0 Å². The molecule has 0 spiro atoms. The van der Waals surface area contributed by atoms with Crippen LogP contribution in [-0.2, 0) is 4.79 Å². The number of nitrogens with zero attached hydrogens (tertiary/aromatic N) is 2. The molecule has 4 nitrogen and oxygen atoms in total.